The van der Waals surface area contributed by atoms with Crippen molar-refractivity contribution in [1.82, 2.24) is 9.88 Å². The number of aliphatic hydroxyl groups excluding tert-OH is 2. The molecule has 5 rings (SSSR count). The molecule has 10 heteroatoms. The highest BCUT2D eigenvalue weighted by molar-refractivity contribution is 6.24. The van der Waals surface area contributed by atoms with Crippen LogP contribution in [-0.2, 0) is 16.0 Å². The predicted octanol–water partition coefficient (Wildman–Crippen LogP) is 1.49. The van der Waals surface area contributed by atoms with Crippen LogP contribution in [0.2, 0.25) is 0 Å². The lowest BCUT2D eigenvalue weighted by Crippen LogP contribution is -2.63. The number of rotatable bonds is 3. The lowest BCUT2D eigenvalue weighted by molar-refractivity contribution is -0.148. The van der Waals surface area contributed by atoms with E-state index >= 15 is 0 Å². The zero-order valence-corrected chi connectivity index (χ0v) is 20.5. The lowest BCUT2D eigenvalue weighted by Gasteiger charge is -2.50. The zero-order chi connectivity index (χ0) is 27.0. The van der Waals surface area contributed by atoms with Crippen molar-refractivity contribution in [3.8, 4) is 17.0 Å². The second kappa shape index (κ2) is 8.25. The van der Waals surface area contributed by atoms with E-state index < -0.39 is 58.0 Å². The Hall–Kier alpha value is -4.02. The van der Waals surface area contributed by atoms with Crippen LogP contribution in [0, 0.1) is 18.8 Å². The van der Waals surface area contributed by atoms with Gasteiger partial charge < -0.3 is 26.2 Å². The van der Waals surface area contributed by atoms with Gasteiger partial charge >= 0.3 is 0 Å². The largest absolute Gasteiger partial charge is 0.510 e. The van der Waals surface area contributed by atoms with E-state index in [1.165, 1.54) is 11.0 Å². The number of benzene rings is 1. The average Bonchev–Trinajstić information content (AvgIpc) is 2.82. The number of likely N-dealkylation sites (N-methyl/N-ethyl adjacent to an activating group) is 1. The van der Waals surface area contributed by atoms with Crippen molar-refractivity contribution in [3.05, 3.63) is 69.8 Å². The van der Waals surface area contributed by atoms with Crippen molar-refractivity contribution in [1.29, 1.82) is 0 Å². The van der Waals surface area contributed by atoms with Crippen molar-refractivity contribution in [3.63, 3.8) is 0 Å². The lowest BCUT2D eigenvalue weighted by atomic mass is 9.58. The van der Waals surface area contributed by atoms with Crippen LogP contribution in [0.1, 0.15) is 27.9 Å². The quantitative estimate of drug-likeness (QED) is 0.387. The van der Waals surface area contributed by atoms with E-state index in [1.54, 1.807) is 32.4 Å². The van der Waals surface area contributed by atoms with Gasteiger partial charge in [0, 0.05) is 23.3 Å². The summed E-state index contributed by atoms with van der Waals surface area (Å²) in [5, 5.41) is 44.5. The van der Waals surface area contributed by atoms with Crippen LogP contribution in [0.5, 0.6) is 5.75 Å². The molecular weight excluding hydrogens is 478 g/mol. The number of allylic oxidation sites excluding steroid dienone is 1. The molecule has 0 spiro atoms. The minimum absolute atomic E-state index is 0.0298. The van der Waals surface area contributed by atoms with Gasteiger partial charge in [0.1, 0.15) is 22.8 Å². The summed E-state index contributed by atoms with van der Waals surface area (Å²) in [7, 11) is 3.18. The van der Waals surface area contributed by atoms with Crippen molar-refractivity contribution in [2.24, 2.45) is 17.6 Å². The monoisotopic (exact) mass is 505 g/mol. The summed E-state index contributed by atoms with van der Waals surface area (Å²) in [6.45, 7) is 1.88. The second-order valence-electron chi connectivity index (χ2n) is 10.1. The van der Waals surface area contributed by atoms with Gasteiger partial charge in [0.25, 0.3) is 5.91 Å². The summed E-state index contributed by atoms with van der Waals surface area (Å²) in [4.78, 5) is 45.2. The number of amides is 1. The first kappa shape index (κ1) is 24.7. The molecule has 0 saturated heterocycles. The molecule has 0 unspecified atom stereocenters. The van der Waals surface area contributed by atoms with Crippen LogP contribution in [0.15, 0.2) is 53.1 Å². The normalized spacial score (nSPS) is 27.2. The average molecular weight is 506 g/mol. The van der Waals surface area contributed by atoms with Gasteiger partial charge in [-0.25, -0.2) is 0 Å². The molecule has 3 aliphatic rings. The molecule has 1 heterocycles. The minimum atomic E-state index is -2.66. The number of Topliss-reactive ketones (excluding diaryl/α,β-unsaturated/α-hetero) is 2. The Kier molecular flexibility index (Phi) is 5.50. The van der Waals surface area contributed by atoms with Gasteiger partial charge in [-0.1, -0.05) is 6.07 Å². The number of aliphatic hydroxyl groups is 3. The Morgan fingerprint density at radius 2 is 1.86 bits per heavy atom. The second-order valence-corrected chi connectivity index (χ2v) is 10.1. The molecule has 10 nitrogen and oxygen atoms in total. The molecule has 6 N–H and O–H groups in total. The van der Waals surface area contributed by atoms with Gasteiger partial charge in [-0.15, -0.1) is 0 Å². The summed E-state index contributed by atoms with van der Waals surface area (Å²) in [5.74, 6) is -6.74. The topological polar surface area (TPSA) is 174 Å². The number of nitrogens with zero attached hydrogens (tertiary/aromatic N) is 2. The number of aromatic hydroxyl groups is 1. The Balaban J connectivity index is 1.74. The van der Waals surface area contributed by atoms with Crippen molar-refractivity contribution in [2.75, 3.05) is 14.1 Å². The number of carbonyl (C=O) groups excluding carboxylic acids is 3. The maximum absolute atomic E-state index is 13.8. The van der Waals surface area contributed by atoms with Gasteiger partial charge in [0.05, 0.1) is 17.3 Å². The number of carbonyl (C=O) groups is 3. The van der Waals surface area contributed by atoms with E-state index in [0.717, 1.165) is 5.56 Å². The number of pyridine rings is 1. The van der Waals surface area contributed by atoms with E-state index in [0.29, 0.717) is 16.8 Å². The van der Waals surface area contributed by atoms with Gasteiger partial charge in [0.2, 0.25) is 5.78 Å². The van der Waals surface area contributed by atoms with Crippen molar-refractivity contribution < 1.29 is 34.8 Å². The fraction of sp³-hybridized carbons (Fsp3) is 0.333. The van der Waals surface area contributed by atoms with Crippen LogP contribution in [0.4, 0.5) is 0 Å². The molecule has 1 amide bonds. The summed E-state index contributed by atoms with van der Waals surface area (Å²) in [6.07, 6.45) is 1.86. The highest BCUT2D eigenvalue weighted by Crippen LogP contribution is 2.53. The fourth-order valence-corrected chi connectivity index (χ4v) is 6.24. The smallest absolute Gasteiger partial charge is 0.255 e. The van der Waals surface area contributed by atoms with E-state index in [1.807, 2.05) is 13.0 Å². The Morgan fingerprint density at radius 3 is 2.49 bits per heavy atom. The van der Waals surface area contributed by atoms with E-state index in [-0.39, 0.29) is 29.7 Å². The molecule has 1 aromatic heterocycles. The predicted molar refractivity (Wildman–Crippen MR) is 132 cm³/mol. The van der Waals surface area contributed by atoms with E-state index in [2.05, 4.69) is 4.98 Å². The molecule has 37 heavy (non-hydrogen) atoms. The number of aromatic nitrogens is 1. The van der Waals surface area contributed by atoms with Crippen LogP contribution in [0.25, 0.3) is 11.3 Å². The Morgan fingerprint density at radius 1 is 1.16 bits per heavy atom. The van der Waals surface area contributed by atoms with Crippen LogP contribution < -0.4 is 5.73 Å². The number of primary amides is 1. The molecule has 3 aliphatic carbocycles. The van der Waals surface area contributed by atoms with Gasteiger partial charge in [-0.3, -0.25) is 24.3 Å². The molecule has 0 fully saturated rings. The molecule has 4 atom stereocenters. The third-order valence-corrected chi connectivity index (χ3v) is 7.87. The fourth-order valence-electron chi connectivity index (χ4n) is 6.24. The summed E-state index contributed by atoms with van der Waals surface area (Å²) in [6, 6.07) is 5.69. The molecule has 2 aromatic rings. The third kappa shape index (κ3) is 3.25. The number of fused-ring (bicyclic) bond motifs is 3. The molecular formula is C27H27N3O7. The molecule has 1 aromatic carbocycles. The first-order valence-corrected chi connectivity index (χ1v) is 11.8. The van der Waals surface area contributed by atoms with Gasteiger partial charge in [0.15, 0.2) is 11.4 Å². The number of ketones is 2. The Labute approximate surface area is 212 Å². The van der Waals surface area contributed by atoms with Crippen LogP contribution in [-0.4, -0.2) is 73.5 Å². The molecule has 0 radical (unpaired) electrons. The van der Waals surface area contributed by atoms with E-state index in [9.17, 15) is 34.8 Å². The number of nitrogens with two attached hydrogens (primary N) is 1. The number of hydrogen-bond acceptors (Lipinski definition) is 9. The molecule has 0 saturated carbocycles. The first-order chi connectivity index (χ1) is 17.4. The first-order valence-electron chi connectivity index (χ1n) is 11.8. The molecule has 192 valence electrons. The Bertz CT molecular complexity index is 1460. The SMILES string of the molecule is Cc1cccnc1-c1ccc(O)c2c1C[C@H]1C[C@H]3[C@H](N(C)C)C(O)=C(C(N)=O)C(=O)[C@@]3(O)C(O)=C1C2=O. The summed E-state index contributed by atoms with van der Waals surface area (Å²) in [5.41, 5.74) is 4.34. The number of hydrogen-bond donors (Lipinski definition) is 5. The van der Waals surface area contributed by atoms with Gasteiger partial charge in [-0.2, -0.15) is 0 Å². The summed E-state index contributed by atoms with van der Waals surface area (Å²) < 4.78 is 0. The molecule has 0 aliphatic heterocycles. The summed E-state index contributed by atoms with van der Waals surface area (Å²) >= 11 is 0. The highest BCUT2D eigenvalue weighted by Gasteiger charge is 2.63. The minimum Gasteiger partial charge on any atom is -0.510 e. The van der Waals surface area contributed by atoms with Crippen molar-refractivity contribution >= 4 is 17.5 Å². The third-order valence-electron chi connectivity index (χ3n) is 7.87. The zero-order valence-electron chi connectivity index (χ0n) is 20.5. The maximum atomic E-state index is 13.8. The number of phenols is 1. The van der Waals surface area contributed by atoms with E-state index in [4.69, 9.17) is 5.73 Å². The number of phenolic OH excluding ortho intramolecular Hbond substituents is 1. The molecule has 0 bridgehead atoms. The standard InChI is InChI=1S/C27H27N3O7/c1-11-5-4-8-29-20(11)13-6-7-16(31)18-14(13)9-12-10-15-21(30(2)3)23(33)19(26(28)36)25(35)27(15,37)24(34)17(12)22(18)32/h4-8,12,15,21,31,33-34,37H,9-10H2,1-3H3,(H2,28,36)/t12-,15-,21-,27-/m0/s1. The van der Waals surface area contributed by atoms with Gasteiger partial charge in [-0.05, 0) is 69.1 Å². The van der Waals surface area contributed by atoms with Crippen LogP contribution in [0.3, 0.4) is 0 Å². The highest BCUT2D eigenvalue weighted by atomic mass is 16.3. The van der Waals surface area contributed by atoms with Crippen LogP contribution >= 0.6 is 0 Å². The van der Waals surface area contributed by atoms with Crippen molar-refractivity contribution in [2.45, 2.75) is 31.4 Å². The maximum Gasteiger partial charge on any atom is 0.255 e. The number of aryl methyl sites for hydroxylation is 1.